The maximum atomic E-state index is 12.7. The number of piperidine rings is 1. The molecule has 3 aromatic rings. The quantitative estimate of drug-likeness (QED) is 0.663. The number of benzene rings is 2. The van der Waals surface area contributed by atoms with E-state index in [1.165, 1.54) is 11.8 Å². The second-order valence-electron chi connectivity index (χ2n) is 6.80. The number of aromatic nitrogens is 1. The molecule has 0 spiro atoms. The number of likely N-dealkylation sites (tertiary alicyclic amines) is 1. The summed E-state index contributed by atoms with van der Waals surface area (Å²) in [4.78, 5) is 30.8. The summed E-state index contributed by atoms with van der Waals surface area (Å²) in [6, 6.07) is 14.7. The highest BCUT2D eigenvalue weighted by molar-refractivity contribution is 7.18. The Morgan fingerprint density at radius 1 is 1.18 bits per heavy atom. The number of anilines is 1. The normalized spacial score (nSPS) is 16.8. The van der Waals surface area contributed by atoms with E-state index in [0.29, 0.717) is 17.8 Å². The van der Waals surface area contributed by atoms with Crippen molar-refractivity contribution in [3.8, 4) is 0 Å². The minimum atomic E-state index is -0.396. The van der Waals surface area contributed by atoms with Gasteiger partial charge in [-0.05, 0) is 49.2 Å². The van der Waals surface area contributed by atoms with Crippen LogP contribution >= 0.6 is 11.3 Å². The number of urea groups is 1. The number of thiazole rings is 1. The molecule has 0 aliphatic carbocycles. The highest BCUT2D eigenvalue weighted by atomic mass is 32.1. The molecule has 0 radical (unpaired) electrons. The molecule has 0 saturated carbocycles. The molecule has 2 amide bonds. The van der Waals surface area contributed by atoms with Gasteiger partial charge in [0.2, 0.25) is 0 Å². The number of hydrogen-bond donors (Lipinski definition) is 1. The summed E-state index contributed by atoms with van der Waals surface area (Å²) in [7, 11) is 1.34. The van der Waals surface area contributed by atoms with Crippen LogP contribution in [-0.4, -0.2) is 42.1 Å². The number of rotatable bonds is 3. The van der Waals surface area contributed by atoms with Crippen LogP contribution in [0, 0.1) is 0 Å². The van der Waals surface area contributed by atoms with Crippen LogP contribution in [0.25, 0.3) is 10.2 Å². The zero-order valence-electron chi connectivity index (χ0n) is 15.6. The number of hydrogen-bond acceptors (Lipinski definition) is 5. The minimum Gasteiger partial charge on any atom is -0.465 e. The molecular weight excluding hydrogens is 374 g/mol. The van der Waals surface area contributed by atoms with Crippen LogP contribution in [0.5, 0.6) is 0 Å². The van der Waals surface area contributed by atoms with Crippen molar-refractivity contribution in [2.75, 3.05) is 25.5 Å². The van der Waals surface area contributed by atoms with Gasteiger partial charge in [-0.25, -0.2) is 14.6 Å². The topological polar surface area (TPSA) is 71.5 Å². The lowest BCUT2D eigenvalue weighted by Gasteiger charge is -2.31. The van der Waals surface area contributed by atoms with Crippen molar-refractivity contribution < 1.29 is 14.3 Å². The first kappa shape index (κ1) is 18.4. The van der Waals surface area contributed by atoms with Gasteiger partial charge in [0.25, 0.3) is 0 Å². The second kappa shape index (κ2) is 7.98. The van der Waals surface area contributed by atoms with Gasteiger partial charge in [-0.2, -0.15) is 0 Å². The predicted molar refractivity (Wildman–Crippen MR) is 110 cm³/mol. The standard InChI is InChI=1S/C21H21N3O3S/c1-27-20(25)14-8-10-16(11-9-14)22-21(26)24-12-4-5-15(13-24)19-23-17-6-2-3-7-18(17)28-19/h2-3,6-11,15H,4-5,12-13H2,1H3,(H,22,26)/t15-/m0/s1. The first-order valence-electron chi connectivity index (χ1n) is 9.24. The van der Waals surface area contributed by atoms with E-state index in [4.69, 9.17) is 4.98 Å². The largest absolute Gasteiger partial charge is 0.465 e. The van der Waals surface area contributed by atoms with Gasteiger partial charge in [-0.15, -0.1) is 11.3 Å². The maximum Gasteiger partial charge on any atom is 0.337 e. The molecular formula is C21H21N3O3S. The lowest BCUT2D eigenvalue weighted by Crippen LogP contribution is -2.41. The molecule has 4 rings (SSSR count). The van der Waals surface area contributed by atoms with Gasteiger partial charge in [0.15, 0.2) is 0 Å². The van der Waals surface area contributed by atoms with Crippen LogP contribution < -0.4 is 5.32 Å². The number of para-hydroxylation sites is 1. The third-order valence-electron chi connectivity index (χ3n) is 4.93. The molecule has 2 heterocycles. The van der Waals surface area contributed by atoms with E-state index in [1.54, 1.807) is 35.6 Å². The zero-order valence-corrected chi connectivity index (χ0v) is 16.4. The van der Waals surface area contributed by atoms with Gasteiger partial charge in [0.05, 0.1) is 27.9 Å². The number of fused-ring (bicyclic) bond motifs is 1. The van der Waals surface area contributed by atoms with Crippen molar-refractivity contribution in [1.29, 1.82) is 0 Å². The van der Waals surface area contributed by atoms with E-state index in [1.807, 2.05) is 23.1 Å². The average Bonchev–Trinajstić information content (AvgIpc) is 3.18. The molecule has 7 heteroatoms. The first-order chi connectivity index (χ1) is 13.6. The van der Waals surface area contributed by atoms with E-state index >= 15 is 0 Å². The number of esters is 1. The second-order valence-corrected chi connectivity index (χ2v) is 7.87. The first-order valence-corrected chi connectivity index (χ1v) is 10.1. The summed E-state index contributed by atoms with van der Waals surface area (Å²) in [5.41, 5.74) is 2.13. The summed E-state index contributed by atoms with van der Waals surface area (Å²) in [6.45, 7) is 1.39. The Hall–Kier alpha value is -2.93. The van der Waals surface area contributed by atoms with Crippen LogP contribution in [0.2, 0.25) is 0 Å². The van der Waals surface area contributed by atoms with E-state index in [2.05, 4.69) is 16.1 Å². The monoisotopic (exact) mass is 395 g/mol. The predicted octanol–water partition coefficient (Wildman–Crippen LogP) is 4.49. The van der Waals surface area contributed by atoms with Gasteiger partial charge < -0.3 is 15.0 Å². The number of amides is 2. The van der Waals surface area contributed by atoms with Crippen molar-refractivity contribution in [1.82, 2.24) is 9.88 Å². The molecule has 1 fully saturated rings. The number of ether oxygens (including phenoxy) is 1. The molecule has 1 N–H and O–H groups in total. The van der Waals surface area contributed by atoms with E-state index in [-0.39, 0.29) is 11.9 Å². The molecule has 28 heavy (non-hydrogen) atoms. The molecule has 6 nitrogen and oxygen atoms in total. The maximum absolute atomic E-state index is 12.7. The number of carbonyl (C=O) groups is 2. The van der Waals surface area contributed by atoms with E-state index in [0.717, 1.165) is 29.9 Å². The van der Waals surface area contributed by atoms with Crippen molar-refractivity contribution in [3.63, 3.8) is 0 Å². The van der Waals surface area contributed by atoms with Gasteiger partial charge in [-0.1, -0.05) is 12.1 Å². The molecule has 1 aliphatic heterocycles. The lowest BCUT2D eigenvalue weighted by atomic mass is 9.99. The number of methoxy groups -OCH3 is 1. The van der Waals surface area contributed by atoms with Crippen LogP contribution in [0.4, 0.5) is 10.5 Å². The summed E-state index contributed by atoms with van der Waals surface area (Å²) in [6.07, 6.45) is 1.99. The van der Waals surface area contributed by atoms with Gasteiger partial charge in [0, 0.05) is 24.7 Å². The highest BCUT2D eigenvalue weighted by Crippen LogP contribution is 2.33. The molecule has 0 unspecified atom stereocenters. The molecule has 2 aromatic carbocycles. The average molecular weight is 395 g/mol. The van der Waals surface area contributed by atoms with Crippen LogP contribution in [0.3, 0.4) is 0 Å². The Labute approximate surface area is 167 Å². The van der Waals surface area contributed by atoms with E-state index < -0.39 is 5.97 Å². The van der Waals surface area contributed by atoms with Crippen LogP contribution in [0.1, 0.15) is 34.1 Å². The summed E-state index contributed by atoms with van der Waals surface area (Å²) in [5.74, 6) is -0.133. The van der Waals surface area contributed by atoms with Gasteiger partial charge >= 0.3 is 12.0 Å². The summed E-state index contributed by atoms with van der Waals surface area (Å²) < 4.78 is 5.87. The zero-order chi connectivity index (χ0) is 19.5. The van der Waals surface area contributed by atoms with Gasteiger partial charge in [-0.3, -0.25) is 0 Å². The molecule has 1 aliphatic rings. The molecule has 1 aromatic heterocycles. The smallest absolute Gasteiger partial charge is 0.337 e. The fraction of sp³-hybridized carbons (Fsp3) is 0.286. The lowest BCUT2D eigenvalue weighted by molar-refractivity contribution is 0.0600. The Morgan fingerprint density at radius 3 is 2.71 bits per heavy atom. The fourth-order valence-electron chi connectivity index (χ4n) is 3.44. The fourth-order valence-corrected chi connectivity index (χ4v) is 4.53. The van der Waals surface area contributed by atoms with Crippen LogP contribution in [0.15, 0.2) is 48.5 Å². The van der Waals surface area contributed by atoms with Crippen LogP contribution in [-0.2, 0) is 4.74 Å². The van der Waals surface area contributed by atoms with Gasteiger partial charge in [0.1, 0.15) is 0 Å². The number of nitrogens with zero attached hydrogens (tertiary/aromatic N) is 2. The molecule has 0 bridgehead atoms. The van der Waals surface area contributed by atoms with Crippen molar-refractivity contribution in [2.45, 2.75) is 18.8 Å². The van der Waals surface area contributed by atoms with Crippen molar-refractivity contribution >= 4 is 39.2 Å². The Bertz CT molecular complexity index is 967. The summed E-state index contributed by atoms with van der Waals surface area (Å²) >= 11 is 1.71. The number of nitrogens with one attached hydrogen (secondary N) is 1. The van der Waals surface area contributed by atoms with Crippen molar-refractivity contribution in [2.24, 2.45) is 0 Å². The Balaban J connectivity index is 1.42. The Kier molecular flexibility index (Phi) is 5.25. The summed E-state index contributed by atoms with van der Waals surface area (Å²) in [5, 5.41) is 4.01. The molecule has 144 valence electrons. The molecule has 1 atom stereocenters. The minimum absolute atomic E-state index is 0.128. The third-order valence-corrected chi connectivity index (χ3v) is 6.12. The van der Waals surface area contributed by atoms with Crippen molar-refractivity contribution in [3.05, 3.63) is 59.1 Å². The van der Waals surface area contributed by atoms with E-state index in [9.17, 15) is 9.59 Å². The molecule has 1 saturated heterocycles. The SMILES string of the molecule is COC(=O)c1ccc(NC(=O)N2CCC[C@H](c3nc4ccccc4s3)C2)cc1. The highest BCUT2D eigenvalue weighted by Gasteiger charge is 2.27. The number of carbonyl (C=O) groups excluding carboxylic acids is 2. The third kappa shape index (κ3) is 3.84. The Morgan fingerprint density at radius 2 is 1.96 bits per heavy atom.